The van der Waals surface area contributed by atoms with Gasteiger partial charge in [-0.25, -0.2) is 0 Å². The smallest absolute Gasteiger partial charge is 0.123 e. The summed E-state index contributed by atoms with van der Waals surface area (Å²) in [5.41, 5.74) is 2.84. The van der Waals surface area contributed by atoms with Gasteiger partial charge in [-0.15, -0.1) is 0 Å². The predicted molar refractivity (Wildman–Crippen MR) is 76.4 cm³/mol. The van der Waals surface area contributed by atoms with Gasteiger partial charge < -0.3 is 10.1 Å². The SMILES string of the molecule is CCc1ccc(O[C@H]2CCNC2)c(C(C)(C)C)c1. The van der Waals surface area contributed by atoms with E-state index in [1.165, 1.54) is 11.1 Å². The molecule has 1 aliphatic heterocycles. The average molecular weight is 247 g/mol. The molecule has 100 valence electrons. The van der Waals surface area contributed by atoms with Crippen LogP contribution in [0.1, 0.15) is 45.2 Å². The number of benzene rings is 1. The first-order valence-corrected chi connectivity index (χ1v) is 7.01. The van der Waals surface area contributed by atoms with Crippen LogP contribution in [0.3, 0.4) is 0 Å². The molecule has 0 unspecified atom stereocenters. The van der Waals surface area contributed by atoms with Gasteiger partial charge in [0.05, 0.1) is 0 Å². The van der Waals surface area contributed by atoms with Crippen molar-refractivity contribution in [3.63, 3.8) is 0 Å². The summed E-state index contributed by atoms with van der Waals surface area (Å²) in [5.74, 6) is 1.06. The van der Waals surface area contributed by atoms with Crippen LogP contribution in [0.5, 0.6) is 5.75 Å². The molecule has 0 spiro atoms. The maximum atomic E-state index is 6.17. The molecule has 2 heteroatoms. The molecule has 0 saturated carbocycles. The second-order valence-corrected chi connectivity index (χ2v) is 6.17. The van der Waals surface area contributed by atoms with Gasteiger partial charge in [0, 0.05) is 6.54 Å². The fourth-order valence-corrected chi connectivity index (χ4v) is 2.39. The van der Waals surface area contributed by atoms with E-state index in [4.69, 9.17) is 4.74 Å². The Labute approximate surface area is 111 Å². The second kappa shape index (κ2) is 5.31. The maximum absolute atomic E-state index is 6.17. The zero-order chi connectivity index (χ0) is 13.2. The van der Waals surface area contributed by atoms with Crippen LogP contribution in [0, 0.1) is 0 Å². The molecule has 1 aliphatic rings. The normalized spacial score (nSPS) is 20.1. The lowest BCUT2D eigenvalue weighted by atomic mass is 9.85. The Morgan fingerprint density at radius 2 is 2.11 bits per heavy atom. The Bertz CT molecular complexity index is 400. The average Bonchev–Trinajstić information content (AvgIpc) is 2.81. The van der Waals surface area contributed by atoms with Gasteiger partial charge in [-0.05, 0) is 42.0 Å². The minimum Gasteiger partial charge on any atom is -0.489 e. The Morgan fingerprint density at radius 3 is 2.67 bits per heavy atom. The number of ether oxygens (including phenoxy) is 1. The molecule has 0 amide bonds. The van der Waals surface area contributed by atoms with E-state index in [-0.39, 0.29) is 5.41 Å². The molecule has 0 aromatic heterocycles. The minimum atomic E-state index is 0.131. The van der Waals surface area contributed by atoms with Crippen molar-refractivity contribution in [3.8, 4) is 5.75 Å². The van der Waals surface area contributed by atoms with E-state index in [1.54, 1.807) is 0 Å². The first kappa shape index (κ1) is 13.4. The van der Waals surface area contributed by atoms with Gasteiger partial charge in [0.15, 0.2) is 0 Å². The summed E-state index contributed by atoms with van der Waals surface area (Å²) in [6.45, 7) is 11.0. The molecule has 2 rings (SSSR count). The van der Waals surface area contributed by atoms with Gasteiger partial charge in [-0.3, -0.25) is 0 Å². The maximum Gasteiger partial charge on any atom is 0.123 e. The van der Waals surface area contributed by atoms with Gasteiger partial charge in [0.2, 0.25) is 0 Å². The van der Waals surface area contributed by atoms with Crippen LogP contribution in [0.4, 0.5) is 0 Å². The molecule has 0 radical (unpaired) electrons. The standard InChI is InChI=1S/C16H25NO/c1-5-12-6-7-15(14(10-12)16(2,3)4)18-13-8-9-17-11-13/h6-7,10,13,17H,5,8-9,11H2,1-4H3/t13-/m0/s1. The molecule has 0 bridgehead atoms. The lowest BCUT2D eigenvalue weighted by molar-refractivity contribution is 0.218. The van der Waals surface area contributed by atoms with Crippen molar-refractivity contribution in [2.24, 2.45) is 0 Å². The van der Waals surface area contributed by atoms with Crippen molar-refractivity contribution in [3.05, 3.63) is 29.3 Å². The Morgan fingerprint density at radius 1 is 1.33 bits per heavy atom. The van der Waals surface area contributed by atoms with Crippen LogP contribution in [0.2, 0.25) is 0 Å². The third-order valence-electron chi connectivity index (χ3n) is 3.57. The molecule has 1 atom stereocenters. The van der Waals surface area contributed by atoms with Gasteiger partial charge in [-0.2, -0.15) is 0 Å². The summed E-state index contributed by atoms with van der Waals surface area (Å²) >= 11 is 0. The molecule has 18 heavy (non-hydrogen) atoms. The minimum absolute atomic E-state index is 0.131. The van der Waals surface area contributed by atoms with Gasteiger partial charge in [0.25, 0.3) is 0 Å². The van der Waals surface area contributed by atoms with Crippen molar-refractivity contribution in [1.82, 2.24) is 5.32 Å². The topological polar surface area (TPSA) is 21.3 Å². The second-order valence-electron chi connectivity index (χ2n) is 6.17. The quantitative estimate of drug-likeness (QED) is 0.885. The number of aryl methyl sites for hydroxylation is 1. The van der Waals surface area contributed by atoms with Crippen molar-refractivity contribution in [2.45, 2.75) is 52.1 Å². The van der Waals surface area contributed by atoms with E-state index in [1.807, 2.05) is 0 Å². The van der Waals surface area contributed by atoms with E-state index in [2.05, 4.69) is 51.2 Å². The molecule has 0 aliphatic carbocycles. The highest BCUT2D eigenvalue weighted by Crippen LogP contribution is 2.33. The zero-order valence-electron chi connectivity index (χ0n) is 12.0. The summed E-state index contributed by atoms with van der Waals surface area (Å²) in [6, 6.07) is 6.64. The first-order chi connectivity index (χ1) is 8.50. The van der Waals surface area contributed by atoms with E-state index in [0.29, 0.717) is 6.10 Å². The largest absolute Gasteiger partial charge is 0.489 e. The van der Waals surface area contributed by atoms with Crippen molar-refractivity contribution < 1.29 is 4.74 Å². The van der Waals surface area contributed by atoms with Crippen LogP contribution in [0.15, 0.2) is 18.2 Å². The highest BCUT2D eigenvalue weighted by Gasteiger charge is 2.23. The molecule has 1 aromatic rings. The number of hydrogen-bond acceptors (Lipinski definition) is 2. The predicted octanol–water partition coefficient (Wildman–Crippen LogP) is 3.29. The summed E-state index contributed by atoms with van der Waals surface area (Å²) in [5, 5.41) is 3.35. The van der Waals surface area contributed by atoms with E-state index >= 15 is 0 Å². The van der Waals surface area contributed by atoms with E-state index in [0.717, 1.165) is 31.7 Å². The molecule has 1 fully saturated rings. The third-order valence-corrected chi connectivity index (χ3v) is 3.57. The van der Waals surface area contributed by atoms with Gasteiger partial charge >= 0.3 is 0 Å². The fraction of sp³-hybridized carbons (Fsp3) is 0.625. The van der Waals surface area contributed by atoms with Crippen LogP contribution in [-0.2, 0) is 11.8 Å². The number of rotatable bonds is 3. The summed E-state index contributed by atoms with van der Waals surface area (Å²) in [7, 11) is 0. The highest BCUT2D eigenvalue weighted by molar-refractivity contribution is 5.41. The third kappa shape index (κ3) is 3.05. The molecule has 2 nitrogen and oxygen atoms in total. The van der Waals surface area contributed by atoms with Gasteiger partial charge in [0.1, 0.15) is 11.9 Å². The van der Waals surface area contributed by atoms with Crippen LogP contribution in [-0.4, -0.2) is 19.2 Å². The number of nitrogens with one attached hydrogen (secondary N) is 1. The van der Waals surface area contributed by atoms with Gasteiger partial charge in [-0.1, -0.05) is 39.8 Å². The molecule has 1 aromatic carbocycles. The lowest BCUT2D eigenvalue weighted by Gasteiger charge is -2.25. The first-order valence-electron chi connectivity index (χ1n) is 7.01. The Hall–Kier alpha value is -1.02. The summed E-state index contributed by atoms with van der Waals surface area (Å²) in [4.78, 5) is 0. The number of hydrogen-bond donors (Lipinski definition) is 1. The van der Waals surface area contributed by atoms with E-state index < -0.39 is 0 Å². The summed E-state index contributed by atoms with van der Waals surface area (Å²) in [6.07, 6.45) is 2.52. The molecular formula is C16H25NO. The molecular weight excluding hydrogens is 222 g/mol. The fourth-order valence-electron chi connectivity index (χ4n) is 2.39. The molecule has 1 saturated heterocycles. The van der Waals surface area contributed by atoms with E-state index in [9.17, 15) is 0 Å². The van der Waals surface area contributed by atoms with Crippen molar-refractivity contribution in [2.75, 3.05) is 13.1 Å². The Balaban J connectivity index is 2.27. The van der Waals surface area contributed by atoms with Crippen LogP contribution >= 0.6 is 0 Å². The highest BCUT2D eigenvalue weighted by atomic mass is 16.5. The van der Waals surface area contributed by atoms with Crippen molar-refractivity contribution >= 4 is 0 Å². The van der Waals surface area contributed by atoms with Crippen LogP contribution < -0.4 is 10.1 Å². The zero-order valence-corrected chi connectivity index (χ0v) is 12.0. The molecule has 1 heterocycles. The monoisotopic (exact) mass is 247 g/mol. The Kier molecular flexibility index (Phi) is 3.96. The van der Waals surface area contributed by atoms with Crippen LogP contribution in [0.25, 0.3) is 0 Å². The van der Waals surface area contributed by atoms with Crippen molar-refractivity contribution in [1.29, 1.82) is 0 Å². The summed E-state index contributed by atoms with van der Waals surface area (Å²) < 4.78 is 6.17. The molecule has 1 N–H and O–H groups in total. The lowest BCUT2D eigenvalue weighted by Crippen LogP contribution is -2.22.